The molecule has 224 valence electrons. The third-order valence-corrected chi connectivity index (χ3v) is 10.2. The van der Waals surface area contributed by atoms with Crippen LogP contribution in [0.5, 0.6) is 0 Å². The molecular formula is C30H34F3N5O4. The van der Waals surface area contributed by atoms with E-state index in [0.29, 0.717) is 41.8 Å². The number of anilines is 1. The Balaban J connectivity index is 1.14. The maximum absolute atomic E-state index is 13.9. The molecule has 8 rings (SSSR count). The third-order valence-electron chi connectivity index (χ3n) is 10.2. The molecule has 1 aromatic carbocycles. The highest BCUT2D eigenvalue weighted by molar-refractivity contribution is 5.96. The minimum atomic E-state index is -4.77. The Bertz CT molecular complexity index is 1470. The Morgan fingerprint density at radius 1 is 1.05 bits per heavy atom. The van der Waals surface area contributed by atoms with E-state index >= 15 is 0 Å². The highest BCUT2D eigenvalue weighted by Crippen LogP contribution is 2.58. The number of halogens is 3. The van der Waals surface area contributed by atoms with E-state index in [-0.39, 0.29) is 10.8 Å². The standard InChI is InChI=1S/C30H34F3N5O4/c1-2-22-34-24(41-36-22)19-4-3-5-21(14-19)38(25(39)20-15-29(40,16-20)30(31,32)33)17-27-8-11-28(12-9-27,13-10-27)26-35-23(37-42-26)18-6-7-18/h3-5,14,18,20,40H,2,6-13,15-17H2,1H3/t20-,27?,28?,29+. The second-order valence-corrected chi connectivity index (χ2v) is 13.0. The van der Waals surface area contributed by atoms with E-state index in [0.717, 1.165) is 63.1 Å². The van der Waals surface area contributed by atoms with Gasteiger partial charge in [0.25, 0.3) is 5.89 Å². The molecule has 2 bridgehead atoms. The number of aryl methyl sites for hydroxylation is 1. The number of aliphatic hydroxyl groups is 1. The fourth-order valence-electron chi connectivity index (χ4n) is 7.11. The van der Waals surface area contributed by atoms with Gasteiger partial charge in [0.05, 0.1) is 0 Å². The lowest BCUT2D eigenvalue weighted by Crippen LogP contribution is -2.60. The average molecular weight is 586 g/mol. The largest absolute Gasteiger partial charge is 0.417 e. The molecule has 12 heteroatoms. The molecule has 0 aliphatic heterocycles. The van der Waals surface area contributed by atoms with Crippen molar-refractivity contribution in [1.82, 2.24) is 20.3 Å². The van der Waals surface area contributed by atoms with Gasteiger partial charge in [0.15, 0.2) is 17.2 Å². The zero-order chi connectivity index (χ0) is 29.3. The molecule has 0 atom stereocenters. The molecule has 2 aromatic heterocycles. The van der Waals surface area contributed by atoms with Crippen molar-refractivity contribution in [3.63, 3.8) is 0 Å². The van der Waals surface area contributed by atoms with Crippen molar-refractivity contribution in [2.75, 3.05) is 11.4 Å². The van der Waals surface area contributed by atoms with E-state index in [1.165, 1.54) is 0 Å². The second-order valence-electron chi connectivity index (χ2n) is 13.0. The van der Waals surface area contributed by atoms with Gasteiger partial charge in [-0.15, -0.1) is 0 Å². The summed E-state index contributed by atoms with van der Waals surface area (Å²) in [4.78, 5) is 24.7. The number of hydrogen-bond acceptors (Lipinski definition) is 8. The van der Waals surface area contributed by atoms with Crippen LogP contribution in [0, 0.1) is 11.3 Å². The quantitative estimate of drug-likeness (QED) is 0.348. The van der Waals surface area contributed by atoms with Crippen LogP contribution in [0.25, 0.3) is 11.5 Å². The first-order valence-corrected chi connectivity index (χ1v) is 14.9. The van der Waals surface area contributed by atoms with Crippen LogP contribution in [0.15, 0.2) is 33.3 Å². The smallest absolute Gasteiger partial charge is 0.380 e. The number of alkyl halides is 3. The topological polar surface area (TPSA) is 118 Å². The SMILES string of the molecule is CCc1noc(-c2cccc(N(CC34CCC(c5nc(C6CC6)no5)(CC3)CC4)C(=O)[C@H]3C[C@](O)(C(F)(F)F)C3)c2)n1. The monoisotopic (exact) mass is 585 g/mol. The molecule has 5 fully saturated rings. The summed E-state index contributed by atoms with van der Waals surface area (Å²) < 4.78 is 51.4. The minimum absolute atomic E-state index is 0.150. The molecule has 2 heterocycles. The number of amides is 1. The van der Waals surface area contributed by atoms with Crippen LogP contribution in [0.3, 0.4) is 0 Å². The molecule has 42 heavy (non-hydrogen) atoms. The molecule has 0 saturated heterocycles. The minimum Gasteiger partial charge on any atom is -0.380 e. The van der Waals surface area contributed by atoms with Crippen LogP contribution in [0.2, 0.25) is 0 Å². The van der Waals surface area contributed by atoms with Gasteiger partial charge in [-0.05, 0) is 87.8 Å². The lowest BCUT2D eigenvalue weighted by Gasteiger charge is -2.53. The number of benzene rings is 1. The van der Waals surface area contributed by atoms with Gasteiger partial charge in [0.1, 0.15) is 0 Å². The third kappa shape index (κ3) is 4.62. The second kappa shape index (κ2) is 9.62. The number of rotatable bonds is 8. The predicted molar refractivity (Wildman–Crippen MR) is 143 cm³/mol. The number of hydrogen-bond donors (Lipinski definition) is 1. The molecule has 9 nitrogen and oxygen atoms in total. The lowest BCUT2D eigenvalue weighted by molar-refractivity contribution is -0.295. The maximum atomic E-state index is 13.9. The molecule has 5 aliphatic carbocycles. The van der Waals surface area contributed by atoms with Crippen LogP contribution in [0.4, 0.5) is 18.9 Å². The first-order chi connectivity index (χ1) is 20.0. The van der Waals surface area contributed by atoms with E-state index in [2.05, 4.69) is 15.3 Å². The Hall–Kier alpha value is -3.28. The van der Waals surface area contributed by atoms with Gasteiger partial charge < -0.3 is 19.1 Å². The van der Waals surface area contributed by atoms with E-state index < -0.39 is 36.4 Å². The zero-order valence-electron chi connectivity index (χ0n) is 23.5. The summed E-state index contributed by atoms with van der Waals surface area (Å²) in [6, 6.07) is 7.16. The van der Waals surface area contributed by atoms with Crippen LogP contribution >= 0.6 is 0 Å². The number of carbonyl (C=O) groups is 1. The van der Waals surface area contributed by atoms with Crippen molar-refractivity contribution in [1.29, 1.82) is 0 Å². The van der Waals surface area contributed by atoms with Crippen LogP contribution in [0.1, 0.15) is 94.6 Å². The normalized spacial score (nSPS) is 30.7. The number of carbonyl (C=O) groups excluding carboxylic acids is 1. The van der Waals surface area contributed by atoms with Crippen molar-refractivity contribution in [2.24, 2.45) is 11.3 Å². The van der Waals surface area contributed by atoms with Crippen LogP contribution in [-0.2, 0) is 16.6 Å². The Labute approximate surface area is 240 Å². The van der Waals surface area contributed by atoms with E-state index in [1.807, 2.05) is 6.92 Å². The van der Waals surface area contributed by atoms with Crippen LogP contribution in [-0.4, -0.2) is 49.6 Å². The van der Waals surface area contributed by atoms with Crippen molar-refractivity contribution >= 4 is 11.6 Å². The van der Waals surface area contributed by atoms with Crippen molar-refractivity contribution < 1.29 is 32.1 Å². The molecule has 1 amide bonds. The predicted octanol–water partition coefficient (Wildman–Crippen LogP) is 5.89. The fourth-order valence-corrected chi connectivity index (χ4v) is 7.11. The van der Waals surface area contributed by atoms with Crippen molar-refractivity contribution in [3.8, 4) is 11.5 Å². The van der Waals surface area contributed by atoms with Crippen molar-refractivity contribution in [3.05, 3.63) is 41.8 Å². The molecule has 0 spiro atoms. The van der Waals surface area contributed by atoms with Gasteiger partial charge in [-0.2, -0.15) is 23.1 Å². The number of aromatic nitrogens is 4. The number of nitrogens with zero attached hydrogens (tertiary/aromatic N) is 5. The summed E-state index contributed by atoms with van der Waals surface area (Å²) >= 11 is 0. The molecule has 5 aliphatic rings. The molecular weight excluding hydrogens is 551 g/mol. The fraction of sp³-hybridized carbons (Fsp3) is 0.633. The average Bonchev–Trinajstić information content (AvgIpc) is 3.49. The lowest BCUT2D eigenvalue weighted by atomic mass is 9.53. The molecule has 0 unspecified atom stereocenters. The number of fused-ring (bicyclic) bond motifs is 3. The summed E-state index contributed by atoms with van der Waals surface area (Å²) in [6.45, 7) is 2.30. The summed E-state index contributed by atoms with van der Waals surface area (Å²) in [5.74, 6) is 1.51. The molecule has 1 N–H and O–H groups in total. The van der Waals surface area contributed by atoms with Gasteiger partial charge >= 0.3 is 6.18 Å². The van der Waals surface area contributed by atoms with Gasteiger partial charge in [-0.25, -0.2) is 0 Å². The molecule has 5 saturated carbocycles. The van der Waals surface area contributed by atoms with E-state index in [1.54, 1.807) is 29.2 Å². The van der Waals surface area contributed by atoms with Crippen molar-refractivity contribution in [2.45, 2.75) is 101 Å². The Kier molecular flexibility index (Phi) is 6.31. The highest BCUT2D eigenvalue weighted by Gasteiger charge is 2.63. The Morgan fingerprint density at radius 2 is 1.76 bits per heavy atom. The summed E-state index contributed by atoms with van der Waals surface area (Å²) in [7, 11) is 0. The first kappa shape index (κ1) is 27.5. The van der Waals surface area contributed by atoms with E-state index in [4.69, 9.17) is 14.0 Å². The molecule has 3 aromatic rings. The summed E-state index contributed by atoms with van der Waals surface area (Å²) in [5, 5.41) is 18.3. The summed E-state index contributed by atoms with van der Waals surface area (Å²) in [5.41, 5.74) is -1.96. The van der Waals surface area contributed by atoms with Crippen LogP contribution < -0.4 is 4.90 Å². The van der Waals surface area contributed by atoms with E-state index in [9.17, 15) is 23.1 Å². The highest BCUT2D eigenvalue weighted by atomic mass is 19.4. The van der Waals surface area contributed by atoms with Gasteiger partial charge in [-0.1, -0.05) is 23.3 Å². The first-order valence-electron chi connectivity index (χ1n) is 14.9. The maximum Gasteiger partial charge on any atom is 0.417 e. The Morgan fingerprint density at radius 3 is 2.38 bits per heavy atom. The van der Waals surface area contributed by atoms with Gasteiger partial charge in [0, 0.05) is 41.5 Å². The van der Waals surface area contributed by atoms with Gasteiger partial charge in [-0.3, -0.25) is 4.79 Å². The summed E-state index contributed by atoms with van der Waals surface area (Å²) in [6.07, 6.45) is 1.90. The molecule has 0 radical (unpaired) electrons. The van der Waals surface area contributed by atoms with Gasteiger partial charge in [0.2, 0.25) is 11.8 Å². The zero-order valence-corrected chi connectivity index (χ0v) is 23.5.